The standard InChI is InChI=1S/C12H15FN2O/c1-8-7-9-10(13)3-4-11(16-2)12(9)15(8)6-5-14/h3-4,7H,5-6,14H2,1-2H3. The van der Waals surface area contributed by atoms with Crippen molar-refractivity contribution < 1.29 is 9.13 Å². The Balaban J connectivity index is 2.78. The van der Waals surface area contributed by atoms with Crippen molar-refractivity contribution in [3.05, 3.63) is 29.7 Å². The smallest absolute Gasteiger partial charge is 0.143 e. The largest absolute Gasteiger partial charge is 0.495 e. The molecule has 0 amide bonds. The minimum atomic E-state index is -0.227. The molecule has 0 unspecified atom stereocenters. The van der Waals surface area contributed by atoms with Crippen LogP contribution < -0.4 is 10.5 Å². The van der Waals surface area contributed by atoms with Gasteiger partial charge in [-0.05, 0) is 25.1 Å². The molecule has 0 aliphatic heterocycles. The first-order chi connectivity index (χ1) is 7.69. The maximum Gasteiger partial charge on any atom is 0.143 e. The van der Waals surface area contributed by atoms with Gasteiger partial charge in [0.05, 0.1) is 12.6 Å². The molecule has 1 aromatic heterocycles. The van der Waals surface area contributed by atoms with E-state index in [9.17, 15) is 4.39 Å². The Kier molecular flexibility index (Phi) is 2.83. The topological polar surface area (TPSA) is 40.2 Å². The van der Waals surface area contributed by atoms with E-state index in [0.717, 1.165) is 11.2 Å². The number of rotatable bonds is 3. The number of aromatic nitrogens is 1. The second-order valence-electron chi connectivity index (χ2n) is 3.74. The monoisotopic (exact) mass is 222 g/mol. The Morgan fingerprint density at radius 3 is 2.81 bits per heavy atom. The van der Waals surface area contributed by atoms with E-state index < -0.39 is 0 Å². The molecule has 2 aromatic rings. The van der Waals surface area contributed by atoms with Crippen LogP contribution in [-0.2, 0) is 6.54 Å². The molecular formula is C12H15FN2O. The molecule has 2 rings (SSSR count). The summed E-state index contributed by atoms with van der Waals surface area (Å²) in [6.07, 6.45) is 0. The number of methoxy groups -OCH3 is 1. The maximum atomic E-state index is 13.6. The number of hydrogen-bond acceptors (Lipinski definition) is 2. The van der Waals surface area contributed by atoms with E-state index in [1.165, 1.54) is 6.07 Å². The third-order valence-electron chi connectivity index (χ3n) is 2.75. The Morgan fingerprint density at radius 1 is 1.44 bits per heavy atom. The predicted molar refractivity (Wildman–Crippen MR) is 62.2 cm³/mol. The van der Waals surface area contributed by atoms with E-state index >= 15 is 0 Å². The third kappa shape index (κ3) is 1.55. The first kappa shape index (κ1) is 11.0. The highest BCUT2D eigenvalue weighted by Gasteiger charge is 2.13. The summed E-state index contributed by atoms with van der Waals surface area (Å²) in [4.78, 5) is 0. The summed E-state index contributed by atoms with van der Waals surface area (Å²) in [5, 5.41) is 0.588. The highest BCUT2D eigenvalue weighted by molar-refractivity contribution is 5.87. The SMILES string of the molecule is COc1ccc(F)c2cc(C)n(CCN)c12. The van der Waals surface area contributed by atoms with Crippen molar-refractivity contribution in [2.75, 3.05) is 13.7 Å². The average Bonchev–Trinajstić information content (AvgIpc) is 2.59. The molecule has 0 saturated heterocycles. The molecular weight excluding hydrogens is 207 g/mol. The molecule has 0 fully saturated rings. The molecule has 0 spiro atoms. The second-order valence-corrected chi connectivity index (χ2v) is 3.74. The van der Waals surface area contributed by atoms with Crippen LogP contribution in [0.3, 0.4) is 0 Å². The average molecular weight is 222 g/mol. The van der Waals surface area contributed by atoms with E-state index in [-0.39, 0.29) is 5.82 Å². The highest BCUT2D eigenvalue weighted by Crippen LogP contribution is 2.30. The molecule has 86 valence electrons. The molecule has 0 aliphatic rings. The van der Waals surface area contributed by atoms with Gasteiger partial charge in [0.1, 0.15) is 11.6 Å². The van der Waals surface area contributed by atoms with Gasteiger partial charge in [-0.3, -0.25) is 0 Å². The van der Waals surface area contributed by atoms with E-state index in [0.29, 0.717) is 24.2 Å². The molecule has 0 radical (unpaired) electrons. The van der Waals surface area contributed by atoms with Crippen LogP contribution in [0, 0.1) is 12.7 Å². The molecule has 3 nitrogen and oxygen atoms in total. The quantitative estimate of drug-likeness (QED) is 0.863. The second kappa shape index (κ2) is 4.14. The number of ether oxygens (including phenoxy) is 1. The summed E-state index contributed by atoms with van der Waals surface area (Å²) < 4.78 is 20.9. The van der Waals surface area contributed by atoms with Gasteiger partial charge in [-0.1, -0.05) is 0 Å². The Bertz CT molecular complexity index is 519. The zero-order valence-electron chi connectivity index (χ0n) is 9.46. The van der Waals surface area contributed by atoms with Gasteiger partial charge in [0.25, 0.3) is 0 Å². The first-order valence-corrected chi connectivity index (χ1v) is 5.21. The van der Waals surface area contributed by atoms with Gasteiger partial charge in [0, 0.05) is 24.2 Å². The van der Waals surface area contributed by atoms with Crippen molar-refractivity contribution in [2.45, 2.75) is 13.5 Å². The van der Waals surface area contributed by atoms with Gasteiger partial charge in [-0.25, -0.2) is 4.39 Å². The number of benzene rings is 1. The minimum absolute atomic E-state index is 0.227. The lowest BCUT2D eigenvalue weighted by molar-refractivity contribution is 0.416. The number of nitrogens with zero attached hydrogens (tertiary/aromatic N) is 1. The predicted octanol–water partition coefficient (Wildman–Crippen LogP) is 2.06. The molecule has 1 heterocycles. The zero-order valence-corrected chi connectivity index (χ0v) is 9.46. The minimum Gasteiger partial charge on any atom is -0.495 e. The van der Waals surface area contributed by atoms with Gasteiger partial charge < -0.3 is 15.0 Å². The van der Waals surface area contributed by atoms with Crippen molar-refractivity contribution in [1.82, 2.24) is 4.57 Å². The van der Waals surface area contributed by atoms with Crippen LogP contribution in [-0.4, -0.2) is 18.2 Å². The molecule has 2 N–H and O–H groups in total. The molecule has 0 atom stereocenters. The molecule has 0 aliphatic carbocycles. The number of fused-ring (bicyclic) bond motifs is 1. The number of hydrogen-bond donors (Lipinski definition) is 1. The van der Waals surface area contributed by atoms with Crippen molar-refractivity contribution in [3.63, 3.8) is 0 Å². The fourth-order valence-corrected chi connectivity index (χ4v) is 2.02. The van der Waals surface area contributed by atoms with Gasteiger partial charge in [-0.15, -0.1) is 0 Å². The van der Waals surface area contributed by atoms with Crippen LogP contribution in [0.15, 0.2) is 18.2 Å². The summed E-state index contributed by atoms with van der Waals surface area (Å²) in [7, 11) is 1.59. The molecule has 4 heteroatoms. The molecule has 16 heavy (non-hydrogen) atoms. The van der Waals surface area contributed by atoms with Crippen LogP contribution in [0.1, 0.15) is 5.69 Å². The van der Waals surface area contributed by atoms with Crippen molar-refractivity contribution in [3.8, 4) is 5.75 Å². The van der Waals surface area contributed by atoms with E-state index in [2.05, 4.69) is 0 Å². The van der Waals surface area contributed by atoms with Crippen LogP contribution >= 0.6 is 0 Å². The lowest BCUT2D eigenvalue weighted by Crippen LogP contribution is -2.11. The highest BCUT2D eigenvalue weighted by atomic mass is 19.1. The van der Waals surface area contributed by atoms with Crippen molar-refractivity contribution >= 4 is 10.9 Å². The summed E-state index contributed by atoms with van der Waals surface area (Å²) >= 11 is 0. The molecule has 0 saturated carbocycles. The molecule has 0 bridgehead atoms. The van der Waals surface area contributed by atoms with Gasteiger partial charge in [0.15, 0.2) is 0 Å². The zero-order chi connectivity index (χ0) is 11.7. The first-order valence-electron chi connectivity index (χ1n) is 5.21. The van der Waals surface area contributed by atoms with Gasteiger partial charge in [0.2, 0.25) is 0 Å². The van der Waals surface area contributed by atoms with Crippen LogP contribution in [0.4, 0.5) is 4.39 Å². The maximum absolute atomic E-state index is 13.6. The fourth-order valence-electron chi connectivity index (χ4n) is 2.02. The van der Waals surface area contributed by atoms with E-state index in [4.69, 9.17) is 10.5 Å². The third-order valence-corrected chi connectivity index (χ3v) is 2.75. The summed E-state index contributed by atoms with van der Waals surface area (Å²) in [6.45, 7) is 3.12. The Labute approximate surface area is 93.6 Å². The Hall–Kier alpha value is -1.55. The van der Waals surface area contributed by atoms with Crippen LogP contribution in [0.25, 0.3) is 10.9 Å². The summed E-state index contributed by atoms with van der Waals surface area (Å²) in [5.41, 5.74) is 7.33. The Morgan fingerprint density at radius 2 is 2.19 bits per heavy atom. The van der Waals surface area contributed by atoms with E-state index in [1.807, 2.05) is 17.6 Å². The van der Waals surface area contributed by atoms with Crippen LogP contribution in [0.5, 0.6) is 5.75 Å². The van der Waals surface area contributed by atoms with Crippen LogP contribution in [0.2, 0.25) is 0 Å². The number of halogens is 1. The molecule has 1 aromatic carbocycles. The van der Waals surface area contributed by atoms with Gasteiger partial charge >= 0.3 is 0 Å². The van der Waals surface area contributed by atoms with E-state index in [1.54, 1.807) is 13.2 Å². The van der Waals surface area contributed by atoms with Crippen molar-refractivity contribution in [2.24, 2.45) is 5.73 Å². The van der Waals surface area contributed by atoms with Gasteiger partial charge in [-0.2, -0.15) is 0 Å². The fraction of sp³-hybridized carbons (Fsp3) is 0.333. The summed E-state index contributed by atoms with van der Waals surface area (Å²) in [6, 6.07) is 4.89. The number of nitrogens with two attached hydrogens (primary N) is 1. The normalized spacial score (nSPS) is 11.0. The van der Waals surface area contributed by atoms with Crippen molar-refractivity contribution in [1.29, 1.82) is 0 Å². The lowest BCUT2D eigenvalue weighted by Gasteiger charge is -2.09. The summed E-state index contributed by atoms with van der Waals surface area (Å²) in [5.74, 6) is 0.452. The number of aryl methyl sites for hydroxylation is 1. The lowest BCUT2D eigenvalue weighted by atomic mass is 10.2.